The number of anilines is 1. The van der Waals surface area contributed by atoms with E-state index in [4.69, 9.17) is 0 Å². The summed E-state index contributed by atoms with van der Waals surface area (Å²) in [5, 5.41) is 2.71. The number of carbonyl (C=O) groups excluding carboxylic acids is 2. The first-order valence-corrected chi connectivity index (χ1v) is 7.44. The molecule has 1 aliphatic rings. The summed E-state index contributed by atoms with van der Waals surface area (Å²) in [7, 11) is 0. The van der Waals surface area contributed by atoms with Crippen molar-refractivity contribution in [1.29, 1.82) is 0 Å². The molecule has 0 bridgehead atoms. The molecule has 0 radical (unpaired) electrons. The summed E-state index contributed by atoms with van der Waals surface area (Å²) in [5.74, 6) is -1.26. The molecule has 1 atom stereocenters. The summed E-state index contributed by atoms with van der Waals surface area (Å²) in [6.07, 6.45) is -3.45. The summed E-state index contributed by atoms with van der Waals surface area (Å²) in [4.78, 5) is 29.7. The van der Waals surface area contributed by atoms with Crippen molar-refractivity contribution in [3.8, 4) is 0 Å². The fourth-order valence-electron chi connectivity index (χ4n) is 2.37. The third-order valence-corrected chi connectivity index (χ3v) is 3.51. The highest BCUT2D eigenvalue weighted by Crippen LogP contribution is 2.19. The van der Waals surface area contributed by atoms with Gasteiger partial charge in [-0.1, -0.05) is 18.2 Å². The predicted octanol–water partition coefficient (Wildman–Crippen LogP) is 2.54. The molecule has 132 valence electrons. The smallest absolute Gasteiger partial charge is 0.324 e. The van der Waals surface area contributed by atoms with E-state index in [1.807, 2.05) is 6.07 Å². The molecule has 3 amide bonds. The highest BCUT2D eigenvalue weighted by molar-refractivity contribution is 5.90. The lowest BCUT2D eigenvalue weighted by molar-refractivity contribution is -0.193. The van der Waals surface area contributed by atoms with E-state index in [0.29, 0.717) is 25.1 Å². The molecule has 1 heterocycles. The first-order chi connectivity index (χ1) is 11.3. The van der Waals surface area contributed by atoms with Gasteiger partial charge < -0.3 is 10.2 Å². The molecule has 1 unspecified atom stereocenters. The number of halogens is 3. The lowest BCUT2D eigenvalue weighted by Gasteiger charge is -2.31. The SMILES string of the molecule is O=C(NOCC(F)(F)F)C1CCCN(C(=O)Nc2ccccc2)C1. The number of alkyl halides is 3. The second kappa shape index (κ2) is 8.00. The minimum Gasteiger partial charge on any atom is -0.324 e. The number of likely N-dealkylation sites (tertiary alicyclic amines) is 1. The number of amides is 3. The number of benzene rings is 1. The van der Waals surface area contributed by atoms with E-state index in [1.165, 1.54) is 4.90 Å². The number of urea groups is 1. The van der Waals surface area contributed by atoms with Gasteiger partial charge in [0.2, 0.25) is 5.91 Å². The van der Waals surface area contributed by atoms with E-state index < -0.39 is 24.6 Å². The number of hydrogen-bond donors (Lipinski definition) is 2. The molecule has 0 aromatic heterocycles. The van der Waals surface area contributed by atoms with E-state index in [2.05, 4.69) is 10.2 Å². The van der Waals surface area contributed by atoms with E-state index >= 15 is 0 Å². The second-order valence-electron chi connectivity index (χ2n) is 5.45. The Morgan fingerprint density at radius 3 is 2.62 bits per heavy atom. The molecular formula is C15H18F3N3O3. The van der Waals surface area contributed by atoms with Crippen molar-refractivity contribution in [2.24, 2.45) is 5.92 Å². The lowest BCUT2D eigenvalue weighted by Crippen LogP contribution is -2.47. The maximum atomic E-state index is 12.2. The third kappa shape index (κ3) is 5.73. The Labute approximate surface area is 136 Å². The first kappa shape index (κ1) is 18.1. The van der Waals surface area contributed by atoms with Crippen LogP contribution in [-0.2, 0) is 9.63 Å². The number of nitrogens with one attached hydrogen (secondary N) is 2. The van der Waals surface area contributed by atoms with Crippen LogP contribution in [0.15, 0.2) is 30.3 Å². The van der Waals surface area contributed by atoms with E-state index in [0.717, 1.165) is 0 Å². The van der Waals surface area contributed by atoms with Gasteiger partial charge in [-0.3, -0.25) is 9.63 Å². The first-order valence-electron chi connectivity index (χ1n) is 7.44. The standard InChI is InChI=1S/C15H18F3N3O3/c16-15(17,18)10-24-20-13(22)11-5-4-8-21(9-11)14(23)19-12-6-2-1-3-7-12/h1-3,6-7,11H,4-5,8-10H2,(H,19,23)(H,20,22). The van der Waals surface area contributed by atoms with Crippen LogP contribution in [0, 0.1) is 5.92 Å². The van der Waals surface area contributed by atoms with Gasteiger partial charge in [0, 0.05) is 18.8 Å². The summed E-state index contributed by atoms with van der Waals surface area (Å²) >= 11 is 0. The van der Waals surface area contributed by atoms with Crippen molar-refractivity contribution >= 4 is 17.6 Å². The van der Waals surface area contributed by atoms with Gasteiger partial charge in [0.1, 0.15) is 0 Å². The van der Waals surface area contributed by atoms with Gasteiger partial charge in [-0.15, -0.1) is 0 Å². The molecule has 6 nitrogen and oxygen atoms in total. The number of hydroxylamine groups is 1. The van der Waals surface area contributed by atoms with Crippen molar-refractivity contribution in [3.05, 3.63) is 30.3 Å². The fraction of sp³-hybridized carbons (Fsp3) is 0.467. The van der Waals surface area contributed by atoms with Crippen LogP contribution in [0.1, 0.15) is 12.8 Å². The maximum absolute atomic E-state index is 12.2. The van der Waals surface area contributed by atoms with Crippen molar-refractivity contribution in [2.45, 2.75) is 19.0 Å². The van der Waals surface area contributed by atoms with Gasteiger partial charge in [-0.05, 0) is 25.0 Å². The molecule has 1 aromatic carbocycles. The summed E-state index contributed by atoms with van der Waals surface area (Å²) < 4.78 is 36.0. The molecule has 0 spiro atoms. The normalized spacial score (nSPS) is 18.1. The number of nitrogens with zero attached hydrogens (tertiary/aromatic N) is 1. The molecule has 1 aromatic rings. The topological polar surface area (TPSA) is 70.7 Å². The molecule has 0 aliphatic carbocycles. The van der Waals surface area contributed by atoms with Gasteiger partial charge in [0.15, 0.2) is 6.61 Å². The fourth-order valence-corrected chi connectivity index (χ4v) is 2.37. The Balaban J connectivity index is 1.82. The molecule has 2 rings (SSSR count). The van der Waals surface area contributed by atoms with Gasteiger partial charge >= 0.3 is 12.2 Å². The Morgan fingerprint density at radius 1 is 1.25 bits per heavy atom. The number of rotatable bonds is 4. The zero-order valence-electron chi connectivity index (χ0n) is 12.8. The van der Waals surface area contributed by atoms with Crippen LogP contribution in [0.4, 0.5) is 23.7 Å². The Kier molecular flexibility index (Phi) is 6.02. The van der Waals surface area contributed by atoms with E-state index in [-0.39, 0.29) is 12.6 Å². The summed E-state index contributed by atoms with van der Waals surface area (Å²) in [5.41, 5.74) is 2.43. The highest BCUT2D eigenvalue weighted by atomic mass is 19.4. The molecule has 9 heteroatoms. The van der Waals surface area contributed by atoms with Crippen molar-refractivity contribution in [2.75, 3.05) is 25.0 Å². The number of carbonyl (C=O) groups is 2. The molecular weight excluding hydrogens is 327 g/mol. The minimum atomic E-state index is -4.51. The van der Waals surface area contributed by atoms with Crippen LogP contribution in [0.25, 0.3) is 0 Å². The zero-order chi connectivity index (χ0) is 17.6. The largest absolute Gasteiger partial charge is 0.414 e. The van der Waals surface area contributed by atoms with Crippen LogP contribution >= 0.6 is 0 Å². The predicted molar refractivity (Wildman–Crippen MR) is 79.9 cm³/mol. The number of para-hydroxylation sites is 1. The molecule has 1 fully saturated rings. The second-order valence-corrected chi connectivity index (χ2v) is 5.45. The van der Waals surface area contributed by atoms with Crippen LogP contribution in [0.2, 0.25) is 0 Å². The van der Waals surface area contributed by atoms with Gasteiger partial charge in [-0.2, -0.15) is 13.2 Å². The van der Waals surface area contributed by atoms with Gasteiger partial charge in [0.05, 0.1) is 5.92 Å². The summed E-state index contributed by atoms with van der Waals surface area (Å²) in [6.45, 7) is -0.949. The summed E-state index contributed by atoms with van der Waals surface area (Å²) in [6, 6.07) is 8.49. The maximum Gasteiger partial charge on any atom is 0.414 e. The molecule has 2 N–H and O–H groups in total. The van der Waals surface area contributed by atoms with Gasteiger partial charge in [0.25, 0.3) is 0 Å². The molecule has 24 heavy (non-hydrogen) atoms. The Bertz CT molecular complexity index is 566. The monoisotopic (exact) mass is 345 g/mol. The minimum absolute atomic E-state index is 0.125. The molecule has 0 saturated carbocycles. The quantitative estimate of drug-likeness (QED) is 0.824. The average molecular weight is 345 g/mol. The highest BCUT2D eigenvalue weighted by Gasteiger charge is 2.31. The number of piperidine rings is 1. The average Bonchev–Trinajstić information content (AvgIpc) is 2.54. The third-order valence-electron chi connectivity index (χ3n) is 3.51. The van der Waals surface area contributed by atoms with Crippen LogP contribution < -0.4 is 10.8 Å². The lowest BCUT2D eigenvalue weighted by atomic mass is 9.98. The zero-order valence-corrected chi connectivity index (χ0v) is 12.8. The Morgan fingerprint density at radius 2 is 1.96 bits per heavy atom. The van der Waals surface area contributed by atoms with Crippen LogP contribution in [0.5, 0.6) is 0 Å². The molecule has 1 aliphatic heterocycles. The van der Waals surface area contributed by atoms with Crippen molar-refractivity contribution < 1.29 is 27.6 Å². The van der Waals surface area contributed by atoms with E-state index in [9.17, 15) is 22.8 Å². The van der Waals surface area contributed by atoms with Gasteiger partial charge in [-0.25, -0.2) is 10.3 Å². The van der Waals surface area contributed by atoms with E-state index in [1.54, 1.807) is 29.7 Å². The van der Waals surface area contributed by atoms with Crippen molar-refractivity contribution in [1.82, 2.24) is 10.4 Å². The number of hydrogen-bond acceptors (Lipinski definition) is 3. The van der Waals surface area contributed by atoms with Crippen LogP contribution in [0.3, 0.4) is 0 Å². The van der Waals surface area contributed by atoms with Crippen molar-refractivity contribution in [3.63, 3.8) is 0 Å². The Hall–Kier alpha value is -2.29. The molecule has 1 saturated heterocycles. The van der Waals surface area contributed by atoms with Crippen LogP contribution in [-0.4, -0.2) is 42.7 Å².